The number of nitrogen functional groups attached to an aromatic ring is 1. The number of halogens is 5. The Morgan fingerprint density at radius 1 is 0.462 bits per heavy atom. The number of pyridine rings is 2. The number of benzene rings is 5. The van der Waals surface area contributed by atoms with Crippen molar-refractivity contribution in [3.8, 4) is 0 Å². The normalized spacial score (nSPS) is 12.0. The largest absolute Gasteiger partial charge is 0.397 e. The van der Waals surface area contributed by atoms with Crippen LogP contribution in [0.25, 0.3) is 0 Å². The van der Waals surface area contributed by atoms with E-state index in [0.717, 1.165) is 66.2 Å². The first-order valence-corrected chi connectivity index (χ1v) is 44.9. The molecule has 0 fully saturated rings. The highest BCUT2D eigenvalue weighted by molar-refractivity contribution is 9.10. The van der Waals surface area contributed by atoms with E-state index in [9.17, 15) is 82.0 Å². The summed E-state index contributed by atoms with van der Waals surface area (Å²) in [6.07, 6.45) is 5.21. The molecule has 0 unspecified atom stereocenters. The van der Waals surface area contributed by atoms with Crippen LogP contribution in [0.5, 0.6) is 0 Å². The van der Waals surface area contributed by atoms with Crippen LogP contribution in [0.4, 0.5) is 62.6 Å². The van der Waals surface area contributed by atoms with Crippen LogP contribution in [0.15, 0.2) is 108 Å². The first-order valence-electron chi connectivity index (χ1n) is 33.2. The van der Waals surface area contributed by atoms with Crippen molar-refractivity contribution in [3.05, 3.63) is 198 Å². The lowest BCUT2D eigenvalue weighted by Crippen LogP contribution is -2.26. The monoisotopic (exact) mass is 1880 g/mol. The minimum atomic E-state index is -3.56. The summed E-state index contributed by atoms with van der Waals surface area (Å²) in [5.41, 5.74) is 12.5. The van der Waals surface area contributed by atoms with Gasteiger partial charge in [-0.2, -0.15) is 0 Å². The van der Waals surface area contributed by atoms with Crippen LogP contribution in [0.3, 0.4) is 0 Å². The lowest BCUT2D eigenvalue weighted by atomic mass is 10.1. The number of carbonyl (C=O) groups is 2. The number of nitrogens with zero attached hydrogens (tertiary/aromatic N) is 12. The molecular weight excluding hydrogens is 1790 g/mol. The topological polar surface area (TPSA) is 476 Å². The van der Waals surface area contributed by atoms with E-state index in [4.69, 9.17) is 71.1 Å². The molecule has 0 saturated carbocycles. The van der Waals surface area contributed by atoms with E-state index in [1.807, 2.05) is 13.0 Å². The van der Waals surface area contributed by atoms with Crippen LogP contribution in [-0.2, 0) is 118 Å². The maximum Gasteiger partial charge on any atom is 0.293 e. The lowest BCUT2D eigenvalue weighted by Gasteiger charge is -2.22. The molecule has 0 radical (unpaired) electrons. The molecule has 2 aliphatic rings. The minimum Gasteiger partial charge on any atom is -0.397 e. The molecule has 2 amide bonds. The van der Waals surface area contributed by atoms with Crippen molar-refractivity contribution in [2.75, 3.05) is 169 Å². The summed E-state index contributed by atoms with van der Waals surface area (Å²) in [7, 11) is 2.05. The van der Waals surface area contributed by atoms with Crippen molar-refractivity contribution in [1.29, 1.82) is 0 Å². The predicted octanol–water partition coefficient (Wildman–Crippen LogP) is 10.9. The highest BCUT2D eigenvalue weighted by Gasteiger charge is 2.33. The van der Waals surface area contributed by atoms with Crippen molar-refractivity contribution < 1.29 is 94.9 Å². The summed E-state index contributed by atoms with van der Waals surface area (Å²) in [4.78, 5) is 66.0. The zero-order valence-electron chi connectivity index (χ0n) is 67.1. The number of anilines is 8. The highest BCUT2D eigenvalue weighted by Crippen LogP contribution is 2.38. The van der Waals surface area contributed by atoms with E-state index in [0.29, 0.717) is 109 Å². The Bertz CT molecular complexity index is 5140. The molecule has 0 atom stereocenters. The summed E-state index contributed by atoms with van der Waals surface area (Å²) in [5.74, 6) is -0.264. The fourth-order valence-corrected chi connectivity index (χ4v) is 13.2. The molecule has 648 valence electrons. The molecule has 38 nitrogen and oxygen atoms in total. The van der Waals surface area contributed by atoms with Gasteiger partial charge in [0.2, 0.25) is 50.1 Å². The van der Waals surface area contributed by atoms with E-state index in [1.165, 1.54) is 114 Å². The molecule has 3 N–H and O–H groups in total. The second-order valence-corrected chi connectivity index (χ2v) is 37.0. The Balaban J connectivity index is 0.000000474. The van der Waals surface area contributed by atoms with Crippen LogP contribution in [0.1, 0.15) is 61.3 Å². The summed E-state index contributed by atoms with van der Waals surface area (Å²) in [5, 5.41) is 36.6. The maximum absolute atomic E-state index is 12.5. The molecular formula is C69H93BrCl4N14O24S5. The second kappa shape index (κ2) is 47.2. The van der Waals surface area contributed by atoms with Gasteiger partial charge >= 0.3 is 0 Å². The van der Waals surface area contributed by atoms with Gasteiger partial charge in [-0.05, 0) is 102 Å². The van der Waals surface area contributed by atoms with Gasteiger partial charge in [0.25, 0.3) is 28.9 Å². The van der Waals surface area contributed by atoms with Crippen molar-refractivity contribution >= 4 is 187 Å². The highest BCUT2D eigenvalue weighted by atomic mass is 79.9. The summed E-state index contributed by atoms with van der Waals surface area (Å²) >= 11 is 25.8. The van der Waals surface area contributed by atoms with Gasteiger partial charge in [-0.3, -0.25) is 61.5 Å². The number of hydrogen-bond acceptors (Lipinski definition) is 28. The third-order valence-corrected chi connectivity index (χ3v) is 23.2. The zero-order chi connectivity index (χ0) is 89.7. The minimum absolute atomic E-state index is 0.0250. The number of ether oxygens (including phenoxy) is 6. The number of carbonyl (C=O) groups excluding carboxylic acids is 2. The number of alkyl halides is 1. The number of rotatable bonds is 25. The SMILES string of the molecule is CCOC.CN(c1cc(Br)ccc1[N+](=O)[O-])S(C)(=O)=O.CN1Cc2nc(Cl)cc(Cl)c2C1=O.COCCl.COCc1ccc(N)c(N(C)S(C)(=O)=O)c1.COCc1ccc(Nc2cc(Cl)nc3c2C(=O)N(C)C3)c(N(C)S(C)(=O)=O)c1.COCc1ccc([N+](=O)[O-])c(N(C)S(C)(=O)=O)c1.COCc1ccc([N+](=O)[O-])c(N(C)S(C)(=O)=O)c1. The Hall–Kier alpha value is -8.71. The number of nitro benzene ring substituents is 3. The summed E-state index contributed by atoms with van der Waals surface area (Å²) in [6, 6.07) is 26.4. The van der Waals surface area contributed by atoms with Gasteiger partial charge in [0, 0.05) is 121 Å². The number of hydrogen-bond donors (Lipinski definition) is 2. The average Bonchev–Trinajstić information content (AvgIpc) is 1.69. The molecule has 117 heavy (non-hydrogen) atoms. The van der Waals surface area contributed by atoms with Gasteiger partial charge in [0.05, 0.1) is 142 Å². The number of nitrogens with two attached hydrogens (primary N) is 1. The van der Waals surface area contributed by atoms with Gasteiger partial charge in [0.1, 0.15) is 33.4 Å². The predicted molar refractivity (Wildman–Crippen MR) is 457 cm³/mol. The van der Waals surface area contributed by atoms with Gasteiger partial charge in [0.15, 0.2) is 0 Å². The van der Waals surface area contributed by atoms with Crippen LogP contribution in [-0.4, -0.2) is 224 Å². The maximum atomic E-state index is 12.5. The number of nitrogens with one attached hydrogen (secondary N) is 1. The van der Waals surface area contributed by atoms with Gasteiger partial charge in [-0.1, -0.05) is 74.5 Å². The summed E-state index contributed by atoms with van der Waals surface area (Å²) < 4.78 is 150. The first-order chi connectivity index (χ1) is 54.2. The number of methoxy groups -OCH3 is 6. The van der Waals surface area contributed by atoms with E-state index >= 15 is 0 Å². The van der Waals surface area contributed by atoms with E-state index in [2.05, 4.69) is 40.7 Å². The van der Waals surface area contributed by atoms with Crippen molar-refractivity contribution in [2.24, 2.45) is 0 Å². The fourth-order valence-electron chi connectivity index (χ4n) is 9.59. The van der Waals surface area contributed by atoms with Crippen molar-refractivity contribution in [1.82, 2.24) is 19.8 Å². The van der Waals surface area contributed by atoms with Crippen LogP contribution < -0.4 is 32.6 Å². The van der Waals surface area contributed by atoms with Crippen LogP contribution >= 0.6 is 62.3 Å². The molecule has 9 rings (SSSR count). The van der Waals surface area contributed by atoms with Crippen LogP contribution in [0, 0.1) is 30.3 Å². The Labute approximate surface area is 709 Å². The smallest absolute Gasteiger partial charge is 0.293 e. The number of sulfonamides is 5. The molecule has 2 aromatic heterocycles. The van der Waals surface area contributed by atoms with Gasteiger partial charge in [-0.15, -0.1) is 0 Å². The second-order valence-electron chi connectivity index (χ2n) is 24.7. The molecule has 4 heterocycles. The number of amides is 2. The van der Waals surface area contributed by atoms with Gasteiger partial charge < -0.3 is 49.3 Å². The molecule has 0 aliphatic carbocycles. The Morgan fingerprint density at radius 2 is 0.761 bits per heavy atom. The van der Waals surface area contributed by atoms with Crippen molar-refractivity contribution in [3.63, 3.8) is 0 Å². The molecule has 0 spiro atoms. The molecule has 2 aliphatic heterocycles. The fraction of sp³-hybridized carbons (Fsp3) is 0.391. The third kappa shape index (κ3) is 32.2. The van der Waals surface area contributed by atoms with Gasteiger partial charge in [-0.25, -0.2) is 52.1 Å². The number of fused-ring (bicyclic) bond motifs is 2. The number of aromatic nitrogens is 2. The third-order valence-electron chi connectivity index (χ3n) is 15.8. The van der Waals surface area contributed by atoms with E-state index < -0.39 is 64.9 Å². The standard InChI is InChI=1S/C18H21ClN4O4S.2C10H14N2O5S.C10H16N2O3S.C8H9BrN2O4S.C8H6Cl2N2O.C3H8O.C2H5ClO/c1-22-9-14-17(18(22)24)13(8-16(19)21-14)20-12-6-5-11(10-27-3)7-15(12)23(2)28(4,25)26;2*1-11(18(3,15)16)10-6-8(7-17-2)4-5-9(10)12(13)14;1-12(16(3,13)14)10-6-8(7-15-2)4-5-9(10)11;1-10(16(2,14)15)8-5-6(9)3-4-7(8)11(12)13;1-12-3-5-7(8(12)13)4(9)2-6(10)11-5;1-3-4-2;1-4-2-3/h5-8H,9-10H2,1-4H3,(H,20,21);2*4-6H,7H2,1-3H3;4-6H,7,11H2,1-3H3;3-5H,1-2H3;2H,3H2,1H3;3H2,1-2H3;2H2,1H3. The van der Waals surface area contributed by atoms with Crippen molar-refractivity contribution in [2.45, 2.75) is 46.4 Å². The molecule has 48 heteroatoms. The molecule has 5 aromatic carbocycles. The molecule has 0 saturated heterocycles. The lowest BCUT2D eigenvalue weighted by molar-refractivity contribution is -0.384. The summed E-state index contributed by atoms with van der Waals surface area (Å²) in [6.45, 7) is 4.89. The van der Waals surface area contributed by atoms with E-state index in [1.54, 1.807) is 88.7 Å². The number of nitro groups is 3. The zero-order valence-corrected chi connectivity index (χ0v) is 75.8. The van der Waals surface area contributed by atoms with E-state index in [-0.39, 0.29) is 64.3 Å². The first kappa shape index (κ1) is 104. The quantitative estimate of drug-likeness (QED) is 0.0176. The Kier molecular flexibility index (Phi) is 42.1. The average molecular weight is 1880 g/mol. The molecule has 7 aromatic rings. The molecule has 0 bridgehead atoms. The van der Waals surface area contributed by atoms with Crippen LogP contribution in [0.2, 0.25) is 15.3 Å². The Morgan fingerprint density at radius 3 is 1.11 bits per heavy atom.